The molecule has 2 heteroatoms. The summed E-state index contributed by atoms with van der Waals surface area (Å²) < 4.78 is 5.01. The van der Waals surface area contributed by atoms with Crippen LogP contribution in [0.15, 0.2) is 41.2 Å². The fraction of sp³-hybridized carbons (Fsp3) is 0.0909. The van der Waals surface area contributed by atoms with Crippen molar-refractivity contribution in [2.24, 2.45) is 0 Å². The lowest BCUT2D eigenvalue weighted by Crippen LogP contribution is -1.84. The summed E-state index contributed by atoms with van der Waals surface area (Å²) >= 11 is 0. The minimum Gasteiger partial charge on any atom is -0.470 e. The van der Waals surface area contributed by atoms with Crippen LogP contribution in [-0.2, 0) is 0 Å². The minimum atomic E-state index is 0.686. The molecule has 0 unspecified atom stereocenters. The zero-order valence-electron chi connectivity index (χ0n) is 7.45. The second kappa shape index (κ2) is 2.98. The van der Waals surface area contributed by atoms with Gasteiger partial charge in [0.05, 0.1) is 5.69 Å². The lowest BCUT2D eigenvalue weighted by Gasteiger charge is -1.99. The van der Waals surface area contributed by atoms with Gasteiger partial charge in [-0.05, 0) is 12.5 Å². The molecule has 2 aromatic rings. The van der Waals surface area contributed by atoms with E-state index in [1.807, 2.05) is 12.1 Å². The second-order valence-electron chi connectivity index (χ2n) is 3.11. The van der Waals surface area contributed by atoms with Crippen molar-refractivity contribution in [2.45, 2.75) is 6.92 Å². The highest BCUT2D eigenvalue weighted by atomic mass is 16.3. The maximum atomic E-state index is 5.73. The van der Waals surface area contributed by atoms with Gasteiger partial charge in [-0.1, -0.05) is 29.8 Å². The molecule has 0 fully saturated rings. The quantitative estimate of drug-likeness (QED) is 0.720. The van der Waals surface area contributed by atoms with Gasteiger partial charge in [0, 0.05) is 5.56 Å². The zero-order valence-corrected chi connectivity index (χ0v) is 7.45. The second-order valence-corrected chi connectivity index (χ2v) is 3.11. The maximum absolute atomic E-state index is 5.73. The number of hydrogen-bond acceptors (Lipinski definition) is 2. The predicted octanol–water partition coefficient (Wildman–Crippen LogP) is 2.84. The molecule has 2 rings (SSSR count). The first-order valence-corrected chi connectivity index (χ1v) is 4.16. The molecular weight excluding hydrogens is 162 g/mol. The highest BCUT2D eigenvalue weighted by Gasteiger charge is 2.03. The van der Waals surface area contributed by atoms with Crippen LogP contribution < -0.4 is 5.73 Å². The first kappa shape index (κ1) is 7.92. The van der Waals surface area contributed by atoms with Gasteiger partial charge in [-0.15, -0.1) is 0 Å². The summed E-state index contributed by atoms with van der Waals surface area (Å²) in [4.78, 5) is 0. The normalized spacial score (nSPS) is 10.2. The van der Waals surface area contributed by atoms with Gasteiger partial charge in [-0.2, -0.15) is 0 Å². The highest BCUT2D eigenvalue weighted by Crippen LogP contribution is 2.26. The van der Waals surface area contributed by atoms with Gasteiger partial charge in [0.15, 0.2) is 0 Å². The first-order chi connectivity index (χ1) is 6.27. The van der Waals surface area contributed by atoms with Crippen LogP contribution in [0.5, 0.6) is 0 Å². The summed E-state index contributed by atoms with van der Waals surface area (Å²) in [5.74, 6) is 0. The SMILES string of the molecule is Cc1cccc(-c2cocc2N)c1. The van der Waals surface area contributed by atoms with E-state index < -0.39 is 0 Å². The van der Waals surface area contributed by atoms with Gasteiger partial charge in [0.25, 0.3) is 0 Å². The van der Waals surface area contributed by atoms with Crippen LogP contribution in [-0.4, -0.2) is 0 Å². The van der Waals surface area contributed by atoms with E-state index in [0.29, 0.717) is 5.69 Å². The molecule has 1 heterocycles. The molecule has 66 valence electrons. The van der Waals surface area contributed by atoms with E-state index in [9.17, 15) is 0 Å². The van der Waals surface area contributed by atoms with Crippen LogP contribution in [0.2, 0.25) is 0 Å². The van der Waals surface area contributed by atoms with Gasteiger partial charge in [-0.3, -0.25) is 0 Å². The number of anilines is 1. The summed E-state index contributed by atoms with van der Waals surface area (Å²) in [6, 6.07) is 8.17. The number of nitrogens with two attached hydrogens (primary N) is 1. The third-order valence-corrected chi connectivity index (χ3v) is 2.02. The molecule has 0 amide bonds. The molecule has 13 heavy (non-hydrogen) atoms. The number of rotatable bonds is 1. The Labute approximate surface area is 77.0 Å². The number of hydrogen-bond donors (Lipinski definition) is 1. The molecule has 0 saturated heterocycles. The number of furan rings is 1. The summed E-state index contributed by atoms with van der Waals surface area (Å²) in [6.07, 6.45) is 3.22. The van der Waals surface area contributed by atoms with Crippen LogP contribution in [0.1, 0.15) is 5.56 Å². The summed E-state index contributed by atoms with van der Waals surface area (Å²) in [5.41, 5.74) is 9.70. The molecule has 0 bridgehead atoms. The first-order valence-electron chi connectivity index (χ1n) is 4.16. The van der Waals surface area contributed by atoms with Crippen molar-refractivity contribution in [3.05, 3.63) is 42.4 Å². The van der Waals surface area contributed by atoms with Gasteiger partial charge >= 0.3 is 0 Å². The molecule has 2 nitrogen and oxygen atoms in total. The monoisotopic (exact) mass is 173 g/mol. The lowest BCUT2D eigenvalue weighted by molar-refractivity contribution is 0.569. The van der Waals surface area contributed by atoms with Crippen LogP contribution in [0, 0.1) is 6.92 Å². The molecule has 0 radical (unpaired) electrons. The van der Waals surface area contributed by atoms with Crippen LogP contribution in [0.25, 0.3) is 11.1 Å². The molecule has 0 aliphatic carbocycles. The Morgan fingerprint density at radius 1 is 1.23 bits per heavy atom. The smallest absolute Gasteiger partial charge is 0.114 e. The molecule has 0 aliphatic heterocycles. The average molecular weight is 173 g/mol. The van der Waals surface area contributed by atoms with E-state index in [4.69, 9.17) is 10.2 Å². The average Bonchev–Trinajstić information content (AvgIpc) is 2.51. The van der Waals surface area contributed by atoms with Gasteiger partial charge in [0.2, 0.25) is 0 Å². The largest absolute Gasteiger partial charge is 0.470 e. The minimum absolute atomic E-state index is 0.686. The van der Waals surface area contributed by atoms with Crippen molar-refractivity contribution >= 4 is 5.69 Å². The van der Waals surface area contributed by atoms with Gasteiger partial charge in [-0.25, -0.2) is 0 Å². The van der Waals surface area contributed by atoms with Crippen molar-refractivity contribution in [2.75, 3.05) is 5.73 Å². The Hall–Kier alpha value is -1.70. The molecule has 0 spiro atoms. The van der Waals surface area contributed by atoms with E-state index in [0.717, 1.165) is 11.1 Å². The Bertz CT molecular complexity index is 418. The summed E-state index contributed by atoms with van der Waals surface area (Å²) in [6.45, 7) is 2.06. The third kappa shape index (κ3) is 1.43. The Morgan fingerprint density at radius 2 is 2.08 bits per heavy atom. The molecule has 1 aromatic heterocycles. The Morgan fingerprint density at radius 3 is 2.69 bits per heavy atom. The van der Waals surface area contributed by atoms with Crippen molar-refractivity contribution in [1.82, 2.24) is 0 Å². The summed E-state index contributed by atoms with van der Waals surface area (Å²) in [5, 5.41) is 0. The van der Waals surface area contributed by atoms with Gasteiger partial charge in [0.1, 0.15) is 12.5 Å². The molecule has 0 aliphatic rings. The zero-order chi connectivity index (χ0) is 9.26. The van der Waals surface area contributed by atoms with Crippen LogP contribution in [0.3, 0.4) is 0 Å². The number of nitrogen functional groups attached to an aromatic ring is 1. The van der Waals surface area contributed by atoms with Gasteiger partial charge < -0.3 is 10.2 Å². The van der Waals surface area contributed by atoms with Crippen LogP contribution >= 0.6 is 0 Å². The van der Waals surface area contributed by atoms with E-state index >= 15 is 0 Å². The van der Waals surface area contributed by atoms with Crippen molar-refractivity contribution in [1.29, 1.82) is 0 Å². The number of aryl methyl sites for hydroxylation is 1. The van der Waals surface area contributed by atoms with E-state index in [1.54, 1.807) is 12.5 Å². The number of benzene rings is 1. The summed E-state index contributed by atoms with van der Waals surface area (Å²) in [7, 11) is 0. The van der Waals surface area contributed by atoms with E-state index in [-0.39, 0.29) is 0 Å². The maximum Gasteiger partial charge on any atom is 0.114 e. The Balaban J connectivity index is 2.53. The fourth-order valence-electron chi connectivity index (χ4n) is 1.35. The molecular formula is C11H11NO. The van der Waals surface area contributed by atoms with E-state index in [1.165, 1.54) is 5.56 Å². The van der Waals surface area contributed by atoms with Crippen molar-refractivity contribution in [3.8, 4) is 11.1 Å². The molecule has 0 atom stereocenters. The van der Waals surface area contributed by atoms with Crippen molar-refractivity contribution < 1.29 is 4.42 Å². The molecule has 2 N–H and O–H groups in total. The highest BCUT2D eigenvalue weighted by molar-refractivity contribution is 5.75. The third-order valence-electron chi connectivity index (χ3n) is 2.02. The Kier molecular flexibility index (Phi) is 1.81. The lowest BCUT2D eigenvalue weighted by atomic mass is 10.1. The topological polar surface area (TPSA) is 39.2 Å². The molecule has 0 saturated carbocycles. The standard InChI is InChI=1S/C11H11NO/c1-8-3-2-4-9(5-8)10-6-13-7-11(10)12/h2-7H,12H2,1H3. The molecule has 1 aromatic carbocycles. The van der Waals surface area contributed by atoms with Crippen LogP contribution in [0.4, 0.5) is 5.69 Å². The predicted molar refractivity (Wildman–Crippen MR) is 53.3 cm³/mol. The van der Waals surface area contributed by atoms with Crippen molar-refractivity contribution in [3.63, 3.8) is 0 Å². The fourth-order valence-corrected chi connectivity index (χ4v) is 1.35. The van der Waals surface area contributed by atoms with E-state index in [2.05, 4.69) is 19.1 Å².